The van der Waals surface area contributed by atoms with Crippen molar-refractivity contribution in [3.8, 4) is 0 Å². The van der Waals surface area contributed by atoms with Gasteiger partial charge in [0.15, 0.2) is 0 Å². The Hall–Kier alpha value is -1.72. The minimum Gasteiger partial charge on any atom is -0.398 e. The molecule has 1 heterocycles. The molecule has 0 aliphatic rings. The zero-order valence-corrected chi connectivity index (χ0v) is 12.6. The topological polar surface area (TPSA) is 43.1 Å². The van der Waals surface area contributed by atoms with E-state index >= 15 is 0 Å². The van der Waals surface area contributed by atoms with Crippen LogP contribution in [0.25, 0.3) is 10.1 Å². The van der Waals surface area contributed by atoms with E-state index in [2.05, 4.69) is 15.9 Å². The second-order valence-corrected chi connectivity index (χ2v) is 6.30. The van der Waals surface area contributed by atoms with E-state index in [1.807, 2.05) is 0 Å². The van der Waals surface area contributed by atoms with E-state index in [-0.39, 0.29) is 11.6 Å². The molecule has 0 amide bonds. The van der Waals surface area contributed by atoms with E-state index in [4.69, 9.17) is 5.73 Å². The van der Waals surface area contributed by atoms with Crippen LogP contribution in [0, 0.1) is 5.82 Å². The summed E-state index contributed by atoms with van der Waals surface area (Å²) in [5, 5.41) is 0.870. The van der Waals surface area contributed by atoms with Gasteiger partial charge in [-0.2, -0.15) is 0 Å². The third-order valence-electron chi connectivity index (χ3n) is 2.97. The van der Waals surface area contributed by atoms with Gasteiger partial charge < -0.3 is 5.73 Å². The van der Waals surface area contributed by atoms with Crippen LogP contribution in [0.5, 0.6) is 0 Å². The first kappa shape index (κ1) is 13.3. The third kappa shape index (κ3) is 2.34. The average molecular weight is 350 g/mol. The molecule has 3 rings (SSSR count). The van der Waals surface area contributed by atoms with Crippen LogP contribution < -0.4 is 5.73 Å². The lowest BCUT2D eigenvalue weighted by molar-refractivity contribution is 0.104. The van der Waals surface area contributed by atoms with Crippen LogP contribution in [0.2, 0.25) is 0 Å². The maximum Gasteiger partial charge on any atom is 0.203 e. The Morgan fingerprint density at radius 3 is 2.70 bits per heavy atom. The highest BCUT2D eigenvalue weighted by Crippen LogP contribution is 2.29. The van der Waals surface area contributed by atoms with Crippen molar-refractivity contribution in [1.29, 1.82) is 0 Å². The molecular weight excluding hydrogens is 341 g/mol. The van der Waals surface area contributed by atoms with Gasteiger partial charge in [-0.15, -0.1) is 11.3 Å². The smallest absolute Gasteiger partial charge is 0.203 e. The van der Waals surface area contributed by atoms with Gasteiger partial charge in [0, 0.05) is 20.4 Å². The highest BCUT2D eigenvalue weighted by molar-refractivity contribution is 9.10. The Morgan fingerprint density at radius 2 is 1.95 bits per heavy atom. The van der Waals surface area contributed by atoms with Crippen molar-refractivity contribution in [1.82, 2.24) is 0 Å². The average Bonchev–Trinajstić information content (AvgIpc) is 2.84. The monoisotopic (exact) mass is 349 g/mol. The molecule has 0 aliphatic heterocycles. The molecule has 0 aliphatic carbocycles. The minimum absolute atomic E-state index is 0.0905. The van der Waals surface area contributed by atoms with Gasteiger partial charge in [0.25, 0.3) is 0 Å². The Bertz CT molecular complexity index is 828. The molecule has 20 heavy (non-hydrogen) atoms. The van der Waals surface area contributed by atoms with Gasteiger partial charge >= 0.3 is 0 Å². The van der Waals surface area contributed by atoms with Crippen molar-refractivity contribution < 1.29 is 9.18 Å². The lowest BCUT2D eigenvalue weighted by atomic mass is 10.1. The number of nitrogens with two attached hydrogens (primary N) is 1. The largest absolute Gasteiger partial charge is 0.398 e. The van der Waals surface area contributed by atoms with Crippen LogP contribution >= 0.6 is 27.3 Å². The summed E-state index contributed by atoms with van der Waals surface area (Å²) >= 11 is 4.60. The van der Waals surface area contributed by atoms with Gasteiger partial charge in [0.1, 0.15) is 5.82 Å². The molecule has 100 valence electrons. The first-order chi connectivity index (χ1) is 9.54. The van der Waals surface area contributed by atoms with E-state index in [0.29, 0.717) is 20.6 Å². The summed E-state index contributed by atoms with van der Waals surface area (Å²) in [6.45, 7) is 0. The predicted molar refractivity (Wildman–Crippen MR) is 83.8 cm³/mol. The Balaban J connectivity index is 2.05. The predicted octanol–water partition coefficient (Wildman–Crippen LogP) is 4.62. The lowest BCUT2D eigenvalue weighted by Crippen LogP contribution is -1.99. The number of anilines is 1. The SMILES string of the molecule is Nc1ccc(C(=O)c2cc3ccc(F)cc3s2)cc1Br. The zero-order chi connectivity index (χ0) is 14.3. The van der Waals surface area contributed by atoms with Crippen LogP contribution in [0.1, 0.15) is 15.2 Å². The Morgan fingerprint density at radius 1 is 1.15 bits per heavy atom. The Labute approximate surface area is 127 Å². The number of ketones is 1. The van der Waals surface area contributed by atoms with Crippen LogP contribution in [-0.2, 0) is 0 Å². The third-order valence-corrected chi connectivity index (χ3v) is 4.75. The van der Waals surface area contributed by atoms with Crippen LogP contribution in [0.15, 0.2) is 46.9 Å². The first-order valence-corrected chi connectivity index (χ1v) is 7.44. The van der Waals surface area contributed by atoms with Crippen molar-refractivity contribution in [3.05, 3.63) is 63.2 Å². The molecule has 2 N–H and O–H groups in total. The van der Waals surface area contributed by atoms with Gasteiger partial charge in [-0.25, -0.2) is 4.39 Å². The number of benzene rings is 2. The highest BCUT2D eigenvalue weighted by atomic mass is 79.9. The van der Waals surface area contributed by atoms with E-state index in [1.54, 1.807) is 30.3 Å². The fourth-order valence-corrected chi connectivity index (χ4v) is 3.36. The maximum absolute atomic E-state index is 13.2. The molecular formula is C15H9BrFNOS. The lowest BCUT2D eigenvalue weighted by Gasteiger charge is -2.01. The van der Waals surface area contributed by atoms with E-state index in [9.17, 15) is 9.18 Å². The zero-order valence-electron chi connectivity index (χ0n) is 10.2. The molecule has 3 aromatic rings. The molecule has 0 atom stereocenters. The van der Waals surface area contributed by atoms with Crippen molar-refractivity contribution in [2.24, 2.45) is 0 Å². The molecule has 0 unspecified atom stereocenters. The Kier molecular flexibility index (Phi) is 3.31. The summed E-state index contributed by atoms with van der Waals surface area (Å²) in [6.07, 6.45) is 0. The summed E-state index contributed by atoms with van der Waals surface area (Å²) in [4.78, 5) is 13.0. The summed E-state index contributed by atoms with van der Waals surface area (Å²) in [7, 11) is 0. The highest BCUT2D eigenvalue weighted by Gasteiger charge is 2.14. The second-order valence-electron chi connectivity index (χ2n) is 4.36. The van der Waals surface area contributed by atoms with Crippen molar-refractivity contribution in [2.75, 3.05) is 5.73 Å². The molecule has 2 aromatic carbocycles. The molecule has 0 fully saturated rings. The van der Waals surface area contributed by atoms with Crippen LogP contribution in [-0.4, -0.2) is 5.78 Å². The second kappa shape index (κ2) is 5.00. The standard InChI is InChI=1S/C15H9BrFNOS/c16-11-5-9(2-4-12(11)18)15(19)14-6-8-1-3-10(17)7-13(8)20-14/h1-7H,18H2. The summed E-state index contributed by atoms with van der Waals surface area (Å²) in [5.74, 6) is -0.388. The maximum atomic E-state index is 13.2. The quantitative estimate of drug-likeness (QED) is 0.542. The molecule has 2 nitrogen and oxygen atoms in total. The van der Waals surface area contributed by atoms with E-state index in [0.717, 1.165) is 10.1 Å². The van der Waals surface area contributed by atoms with Crippen molar-refractivity contribution in [3.63, 3.8) is 0 Å². The number of hydrogen-bond acceptors (Lipinski definition) is 3. The number of carbonyl (C=O) groups is 1. The van der Waals surface area contributed by atoms with Crippen molar-refractivity contribution in [2.45, 2.75) is 0 Å². The van der Waals surface area contributed by atoms with E-state index in [1.165, 1.54) is 23.5 Å². The number of rotatable bonds is 2. The summed E-state index contributed by atoms with van der Waals surface area (Å²) in [6, 6.07) is 11.4. The summed E-state index contributed by atoms with van der Waals surface area (Å²) < 4.78 is 14.6. The van der Waals surface area contributed by atoms with Crippen molar-refractivity contribution >= 4 is 48.8 Å². The fraction of sp³-hybridized carbons (Fsp3) is 0. The van der Waals surface area contributed by atoms with Gasteiger partial charge in [-0.3, -0.25) is 4.79 Å². The first-order valence-electron chi connectivity index (χ1n) is 5.83. The number of carbonyl (C=O) groups excluding carboxylic acids is 1. The molecule has 0 radical (unpaired) electrons. The summed E-state index contributed by atoms with van der Waals surface area (Å²) in [5.41, 5.74) is 6.85. The molecule has 0 bridgehead atoms. The fourth-order valence-electron chi connectivity index (χ4n) is 1.93. The van der Waals surface area contributed by atoms with Gasteiger partial charge in [-0.05, 0) is 57.7 Å². The molecule has 0 spiro atoms. The molecule has 5 heteroatoms. The number of halogens is 2. The number of hydrogen-bond donors (Lipinski definition) is 1. The number of fused-ring (bicyclic) bond motifs is 1. The normalized spacial score (nSPS) is 10.9. The number of nitrogen functional groups attached to an aromatic ring is 1. The van der Waals surface area contributed by atoms with Gasteiger partial charge in [-0.1, -0.05) is 6.07 Å². The van der Waals surface area contributed by atoms with Gasteiger partial charge in [0.2, 0.25) is 5.78 Å². The van der Waals surface area contributed by atoms with Crippen LogP contribution in [0.3, 0.4) is 0 Å². The molecule has 0 saturated carbocycles. The van der Waals surface area contributed by atoms with Gasteiger partial charge in [0.05, 0.1) is 4.88 Å². The minimum atomic E-state index is -0.298. The number of thiophene rings is 1. The molecule has 1 aromatic heterocycles. The van der Waals surface area contributed by atoms with Crippen LogP contribution in [0.4, 0.5) is 10.1 Å². The van der Waals surface area contributed by atoms with E-state index < -0.39 is 0 Å². The molecule has 0 saturated heterocycles.